The van der Waals surface area contributed by atoms with Gasteiger partial charge in [-0.25, -0.2) is 9.59 Å². The molecule has 1 saturated heterocycles. The molecule has 1 aliphatic heterocycles. The van der Waals surface area contributed by atoms with E-state index in [-0.39, 0.29) is 31.4 Å². The van der Waals surface area contributed by atoms with Crippen LogP contribution in [-0.4, -0.2) is 72.5 Å². The Balaban J connectivity index is 1.42. The lowest BCUT2D eigenvalue weighted by molar-refractivity contribution is -0.141. The average molecular weight is 793 g/mol. The molecule has 10 nitrogen and oxygen atoms in total. The summed E-state index contributed by atoms with van der Waals surface area (Å²) in [5.74, 6) is -0.994. The summed E-state index contributed by atoms with van der Waals surface area (Å²) < 4.78 is 10.1. The van der Waals surface area contributed by atoms with E-state index in [1.54, 1.807) is 11.8 Å². The molecular weight excluding hydrogens is 737 g/mol. The van der Waals surface area contributed by atoms with Gasteiger partial charge in [-0.05, 0) is 48.9 Å². The number of esters is 1. The van der Waals surface area contributed by atoms with Crippen molar-refractivity contribution in [3.05, 3.63) is 144 Å². The van der Waals surface area contributed by atoms with E-state index < -0.39 is 52.5 Å². The van der Waals surface area contributed by atoms with Crippen molar-refractivity contribution in [1.82, 2.24) is 21.3 Å². The lowest BCUT2D eigenvalue weighted by Crippen LogP contribution is -2.58. The van der Waals surface area contributed by atoms with Crippen LogP contribution in [0.5, 0.6) is 0 Å². The standard InChI is InChI=1S/C46H56N4O6S/c1-6-32(2)40(42(52)50-39(29-33-19-11-7-12-20-33)41(51)49-38-27-28-55-43(38)53)47-30-37(48-44(54)56-45(3,4)5)31-57-46(34-21-13-8-14-22-34,35-23-15-9-16-24-35)36-25-17-10-18-26-36/h7-26,32,37-40,47H,6,27-31H2,1-5H3,(H,48,54)(H,49,51)(H,50,52)/t32-,37+,38-,39-,40-/m0/s1. The summed E-state index contributed by atoms with van der Waals surface area (Å²) in [5.41, 5.74) is 3.39. The third-order valence-corrected chi connectivity index (χ3v) is 11.7. The van der Waals surface area contributed by atoms with Crippen LogP contribution >= 0.6 is 11.8 Å². The zero-order chi connectivity index (χ0) is 40.8. The van der Waals surface area contributed by atoms with Crippen LogP contribution in [0, 0.1) is 5.92 Å². The summed E-state index contributed by atoms with van der Waals surface area (Å²) in [6, 6.07) is 37.5. The van der Waals surface area contributed by atoms with Crippen LogP contribution in [0.25, 0.3) is 0 Å². The van der Waals surface area contributed by atoms with Crippen molar-refractivity contribution in [1.29, 1.82) is 0 Å². The van der Waals surface area contributed by atoms with Crippen LogP contribution in [0.2, 0.25) is 0 Å². The summed E-state index contributed by atoms with van der Waals surface area (Å²) in [6.07, 6.45) is 0.715. The molecule has 1 heterocycles. The minimum atomic E-state index is -0.948. The molecule has 5 atom stereocenters. The number of rotatable bonds is 18. The molecular formula is C46H56N4O6S. The number of thioether (sulfide) groups is 1. The largest absolute Gasteiger partial charge is 0.464 e. The highest BCUT2D eigenvalue weighted by Gasteiger charge is 2.39. The van der Waals surface area contributed by atoms with E-state index in [2.05, 4.69) is 57.7 Å². The van der Waals surface area contributed by atoms with Gasteiger partial charge in [0.1, 0.15) is 17.7 Å². The molecule has 4 aromatic rings. The number of cyclic esters (lactones) is 1. The Bertz CT molecular complexity index is 1800. The Labute approximate surface area is 341 Å². The second-order valence-corrected chi connectivity index (χ2v) is 16.7. The van der Waals surface area contributed by atoms with Crippen molar-refractivity contribution in [2.75, 3.05) is 18.9 Å². The Morgan fingerprint density at radius 3 is 1.79 bits per heavy atom. The molecule has 0 spiro atoms. The van der Waals surface area contributed by atoms with Crippen molar-refractivity contribution >= 4 is 35.6 Å². The maximum absolute atomic E-state index is 14.3. The fraction of sp³-hybridized carbons (Fsp3) is 0.391. The first kappa shape index (κ1) is 43.0. The van der Waals surface area contributed by atoms with E-state index >= 15 is 0 Å². The first-order valence-electron chi connectivity index (χ1n) is 19.7. The minimum Gasteiger partial charge on any atom is -0.464 e. The van der Waals surface area contributed by atoms with Gasteiger partial charge in [-0.1, -0.05) is 142 Å². The number of nitrogens with one attached hydrogen (secondary N) is 4. The fourth-order valence-electron chi connectivity index (χ4n) is 6.90. The minimum absolute atomic E-state index is 0.137. The van der Waals surface area contributed by atoms with Crippen LogP contribution in [0.1, 0.15) is 69.7 Å². The zero-order valence-corrected chi connectivity index (χ0v) is 34.4. The van der Waals surface area contributed by atoms with Gasteiger partial charge in [-0.3, -0.25) is 9.59 Å². The maximum atomic E-state index is 14.3. The van der Waals surface area contributed by atoms with Gasteiger partial charge in [0, 0.05) is 25.1 Å². The van der Waals surface area contributed by atoms with Crippen molar-refractivity contribution in [2.45, 2.75) is 88.4 Å². The molecule has 1 aliphatic rings. The number of hydrogen-bond donors (Lipinski definition) is 4. The Kier molecular flexibility index (Phi) is 15.3. The van der Waals surface area contributed by atoms with Gasteiger partial charge < -0.3 is 30.7 Å². The van der Waals surface area contributed by atoms with E-state index in [0.29, 0.717) is 18.6 Å². The van der Waals surface area contributed by atoms with Crippen LogP contribution in [-0.2, 0) is 35.0 Å². The number of amides is 3. The Hall–Kier alpha value is -5.13. The number of carbonyl (C=O) groups is 4. The van der Waals surface area contributed by atoms with Gasteiger partial charge in [-0.15, -0.1) is 11.8 Å². The monoisotopic (exact) mass is 792 g/mol. The molecule has 4 N–H and O–H groups in total. The second kappa shape index (κ2) is 20.3. The molecule has 0 bridgehead atoms. The fourth-order valence-corrected chi connectivity index (χ4v) is 8.46. The number of ether oxygens (including phenoxy) is 2. The molecule has 57 heavy (non-hydrogen) atoms. The smallest absolute Gasteiger partial charge is 0.407 e. The van der Waals surface area contributed by atoms with Crippen LogP contribution in [0.4, 0.5) is 4.79 Å². The van der Waals surface area contributed by atoms with Crippen molar-refractivity contribution in [3.8, 4) is 0 Å². The predicted molar refractivity (Wildman–Crippen MR) is 226 cm³/mol. The van der Waals surface area contributed by atoms with Crippen molar-refractivity contribution in [3.63, 3.8) is 0 Å². The molecule has 1 fully saturated rings. The second-order valence-electron chi connectivity index (χ2n) is 15.5. The molecule has 11 heteroatoms. The first-order valence-corrected chi connectivity index (χ1v) is 20.7. The number of benzene rings is 4. The molecule has 0 aromatic heterocycles. The lowest BCUT2D eigenvalue weighted by Gasteiger charge is -2.37. The van der Waals surface area contributed by atoms with Gasteiger partial charge in [0.2, 0.25) is 11.8 Å². The van der Waals surface area contributed by atoms with E-state index in [4.69, 9.17) is 9.47 Å². The molecule has 0 saturated carbocycles. The SMILES string of the molecule is CC[C@H](C)[C@H](NC[C@H](CSC(c1ccccc1)(c1ccccc1)c1ccccc1)NC(=O)OC(C)(C)C)C(=O)N[C@@H](Cc1ccccc1)C(=O)N[C@H]1CCOC1=O. The summed E-state index contributed by atoms with van der Waals surface area (Å²) >= 11 is 1.70. The quantitative estimate of drug-likeness (QED) is 0.0641. The average Bonchev–Trinajstić information content (AvgIpc) is 3.61. The number of alkyl carbamates (subject to hydrolysis) is 1. The topological polar surface area (TPSA) is 135 Å². The van der Waals surface area contributed by atoms with Gasteiger partial charge >= 0.3 is 12.1 Å². The predicted octanol–water partition coefficient (Wildman–Crippen LogP) is 6.77. The highest BCUT2D eigenvalue weighted by molar-refractivity contribution is 8.00. The summed E-state index contributed by atoms with van der Waals surface area (Å²) in [7, 11) is 0. The van der Waals surface area contributed by atoms with E-state index in [0.717, 1.165) is 22.3 Å². The molecule has 0 radical (unpaired) electrons. The van der Waals surface area contributed by atoms with E-state index in [9.17, 15) is 19.2 Å². The van der Waals surface area contributed by atoms with Crippen LogP contribution < -0.4 is 21.3 Å². The van der Waals surface area contributed by atoms with E-state index in [1.807, 2.05) is 120 Å². The molecule has 3 amide bonds. The molecule has 4 aromatic carbocycles. The summed E-state index contributed by atoms with van der Waals surface area (Å²) in [5, 5.41) is 12.4. The van der Waals surface area contributed by atoms with Crippen molar-refractivity contribution in [2.24, 2.45) is 5.92 Å². The zero-order valence-electron chi connectivity index (χ0n) is 33.5. The highest BCUT2D eigenvalue weighted by atomic mass is 32.2. The lowest BCUT2D eigenvalue weighted by atomic mass is 9.84. The van der Waals surface area contributed by atoms with E-state index in [1.165, 1.54) is 0 Å². The van der Waals surface area contributed by atoms with Gasteiger partial charge in [0.25, 0.3) is 0 Å². The maximum Gasteiger partial charge on any atom is 0.407 e. The molecule has 5 rings (SSSR count). The summed E-state index contributed by atoms with van der Waals surface area (Å²) in [4.78, 5) is 53.6. The number of hydrogen-bond acceptors (Lipinski definition) is 8. The Morgan fingerprint density at radius 2 is 1.32 bits per heavy atom. The third kappa shape index (κ3) is 11.9. The van der Waals surface area contributed by atoms with Crippen molar-refractivity contribution < 1.29 is 28.7 Å². The molecule has 0 unspecified atom stereocenters. The Morgan fingerprint density at radius 1 is 0.789 bits per heavy atom. The van der Waals surface area contributed by atoms with Gasteiger partial charge in [-0.2, -0.15) is 0 Å². The first-order chi connectivity index (χ1) is 27.4. The summed E-state index contributed by atoms with van der Waals surface area (Å²) in [6.45, 7) is 9.91. The highest BCUT2D eigenvalue weighted by Crippen LogP contribution is 2.48. The number of carbonyl (C=O) groups excluding carboxylic acids is 4. The van der Waals surface area contributed by atoms with Gasteiger partial charge in [0.05, 0.1) is 23.4 Å². The molecule has 302 valence electrons. The van der Waals surface area contributed by atoms with Gasteiger partial charge in [0.15, 0.2) is 0 Å². The molecule has 0 aliphatic carbocycles. The van der Waals surface area contributed by atoms with Crippen LogP contribution in [0.3, 0.4) is 0 Å². The third-order valence-electron chi connectivity index (χ3n) is 10.0. The normalized spacial score (nSPS) is 16.4. The van der Waals surface area contributed by atoms with Crippen LogP contribution in [0.15, 0.2) is 121 Å².